The maximum Gasteiger partial charge on any atom is 0.162 e. The maximum absolute atomic E-state index is 14.0. The predicted molar refractivity (Wildman–Crippen MR) is 105 cm³/mol. The number of aromatic nitrogens is 2. The van der Waals surface area contributed by atoms with Crippen molar-refractivity contribution in [3.8, 4) is 6.07 Å². The Bertz CT molecular complexity index is 1430. The lowest BCUT2D eigenvalue weighted by atomic mass is 10.0. The highest BCUT2D eigenvalue weighted by Gasteiger charge is 2.21. The van der Waals surface area contributed by atoms with Gasteiger partial charge in [0.15, 0.2) is 1.41 Å². The van der Waals surface area contributed by atoms with Gasteiger partial charge >= 0.3 is 0 Å². The van der Waals surface area contributed by atoms with Gasteiger partial charge in [-0.25, -0.2) is 14.4 Å². The molecule has 1 aromatic carbocycles. The summed E-state index contributed by atoms with van der Waals surface area (Å²) in [6.07, 6.45) is -4.83. The van der Waals surface area contributed by atoms with Gasteiger partial charge in [-0.1, -0.05) is 17.7 Å². The Morgan fingerprint density at radius 1 is 1.59 bits per heavy atom. The first-order valence-electron chi connectivity index (χ1n) is 12.6. The van der Waals surface area contributed by atoms with Crippen LogP contribution >= 0.6 is 22.9 Å². The van der Waals surface area contributed by atoms with Crippen LogP contribution in [0.4, 0.5) is 10.2 Å². The number of benzene rings is 1. The molecule has 8 heteroatoms. The molecule has 1 fully saturated rings. The minimum absolute atomic E-state index is 0.0167. The maximum atomic E-state index is 14.0. The molecule has 4 rings (SSSR count). The highest BCUT2D eigenvalue weighted by molar-refractivity contribution is 7.22. The molecule has 3 aromatic rings. The molecule has 0 saturated carbocycles. The van der Waals surface area contributed by atoms with Crippen molar-refractivity contribution in [2.75, 3.05) is 18.4 Å². The van der Waals surface area contributed by atoms with E-state index in [1.165, 1.54) is 6.07 Å². The summed E-state index contributed by atoms with van der Waals surface area (Å²) in [5, 5.41) is 9.31. The van der Waals surface area contributed by atoms with E-state index >= 15 is 0 Å². The minimum Gasteiger partial charge on any atom is -0.367 e. The Morgan fingerprint density at radius 3 is 3.19 bits per heavy atom. The molecule has 0 unspecified atom stereocenters. The van der Waals surface area contributed by atoms with Gasteiger partial charge < -0.3 is 5.31 Å². The van der Waals surface area contributed by atoms with E-state index in [9.17, 15) is 4.39 Å². The highest BCUT2D eigenvalue weighted by Crippen LogP contribution is 2.32. The molecule has 0 spiro atoms. The van der Waals surface area contributed by atoms with Crippen LogP contribution in [0.5, 0.6) is 0 Å². The molecule has 0 radical (unpaired) electrons. The molecular formula is C19H17ClFN5S. The minimum atomic E-state index is -2.99. The van der Waals surface area contributed by atoms with Crippen molar-refractivity contribution in [2.45, 2.75) is 25.3 Å². The topological polar surface area (TPSA) is 64.8 Å². The molecule has 1 aliphatic heterocycles. The fourth-order valence-electron chi connectivity index (χ4n) is 2.37. The molecule has 0 atom stereocenters. The molecule has 0 bridgehead atoms. The van der Waals surface area contributed by atoms with E-state index in [1.54, 1.807) is 0 Å². The Kier molecular flexibility index (Phi) is 2.81. The normalized spacial score (nSPS) is 26.6. The Hall–Kier alpha value is -2.27. The van der Waals surface area contributed by atoms with Gasteiger partial charge in [0, 0.05) is 33.8 Å². The zero-order valence-corrected chi connectivity index (χ0v) is 15.1. The number of fused-ring (bicyclic) bond motifs is 1. The second-order valence-electron chi connectivity index (χ2n) is 5.39. The summed E-state index contributed by atoms with van der Waals surface area (Å²) in [6, 6.07) is -0.793. The summed E-state index contributed by atoms with van der Waals surface area (Å²) < 4.78 is 99.0. The standard InChI is InChI=1S/C19H17ClFN5S/c20-17-8-15-18(23-11-24-19(15)27-17)25-14-3-5-26(6-4-14)10-12-1-2-16(21)13(7-12)9-22/h1-2,7-8,11,14H,3-6,10H2,(H,23,24,25)/i2D,3D2,4D2,8D,10D2,14D/hD. The van der Waals surface area contributed by atoms with Crippen LogP contribution in [0, 0.1) is 17.1 Å². The van der Waals surface area contributed by atoms with Gasteiger partial charge in [0.1, 0.15) is 28.9 Å². The number of halogens is 2. The van der Waals surface area contributed by atoms with Crippen LogP contribution in [-0.4, -0.2) is 34.0 Å². The molecule has 0 aliphatic carbocycles. The monoisotopic (exact) mass is 411 g/mol. The van der Waals surface area contributed by atoms with E-state index in [0.29, 0.717) is 0 Å². The van der Waals surface area contributed by atoms with E-state index in [1.807, 2.05) is 0 Å². The van der Waals surface area contributed by atoms with Crippen LogP contribution in [-0.2, 0) is 6.50 Å². The molecule has 27 heavy (non-hydrogen) atoms. The highest BCUT2D eigenvalue weighted by atomic mass is 35.5. The first-order chi connectivity index (χ1) is 17.0. The molecule has 2 aromatic heterocycles. The summed E-state index contributed by atoms with van der Waals surface area (Å²) >= 11 is 6.92. The summed E-state index contributed by atoms with van der Waals surface area (Å²) in [4.78, 5) is 8.82. The second kappa shape index (κ2) is 7.77. The lowest BCUT2D eigenvalue weighted by Crippen LogP contribution is -2.38. The Labute approximate surface area is 179 Å². The van der Waals surface area contributed by atoms with Crippen molar-refractivity contribution in [1.29, 1.82) is 5.26 Å². The van der Waals surface area contributed by atoms with Gasteiger partial charge in [-0.2, -0.15) is 5.26 Å². The molecule has 1 aliphatic rings. The van der Waals surface area contributed by atoms with Crippen LogP contribution < -0.4 is 5.31 Å². The Morgan fingerprint density at radius 2 is 2.41 bits per heavy atom. The van der Waals surface area contributed by atoms with Gasteiger partial charge in [0.05, 0.1) is 19.4 Å². The summed E-state index contributed by atoms with van der Waals surface area (Å²) in [5.74, 6) is -1.56. The van der Waals surface area contributed by atoms with Crippen LogP contribution in [0.3, 0.4) is 0 Å². The number of hydrogen-bond donors (Lipinski definition) is 1. The number of thiophene rings is 1. The smallest absolute Gasteiger partial charge is 0.162 e. The van der Waals surface area contributed by atoms with E-state index in [2.05, 4.69) is 9.97 Å². The summed E-state index contributed by atoms with van der Waals surface area (Å²) in [6.45, 7) is -4.46. The van der Waals surface area contributed by atoms with Crippen molar-refractivity contribution in [2.24, 2.45) is 0 Å². The molecular weight excluding hydrogens is 385 g/mol. The van der Waals surface area contributed by atoms with E-state index < -0.39 is 61.6 Å². The molecule has 138 valence electrons. The summed E-state index contributed by atoms with van der Waals surface area (Å²) in [5.41, 5.74) is -0.971. The van der Waals surface area contributed by atoms with Crippen LogP contribution in [0.2, 0.25) is 5.75 Å². The SMILES string of the molecule is [2H]c1cc(C([2H])([2H])N2CC([2H])([2H])C([2H])(N([2H])c3ncnc4sc(Cl)c([2H])c34)C([2H])([2H])C2)cc(C#N)c1F. The lowest BCUT2D eigenvalue weighted by molar-refractivity contribution is 0.211. The zero-order chi connectivity index (χ0) is 27.7. The number of nitrogens with zero attached hydrogens (tertiary/aromatic N) is 4. The van der Waals surface area contributed by atoms with Gasteiger partial charge in [-0.3, -0.25) is 4.90 Å². The molecule has 0 amide bonds. The van der Waals surface area contributed by atoms with Crippen molar-refractivity contribution >= 4 is 39.0 Å². The zero-order valence-electron chi connectivity index (χ0n) is 23.5. The fraction of sp³-hybridized carbons (Fsp3) is 0.316. The largest absolute Gasteiger partial charge is 0.367 e. The first-order valence-corrected chi connectivity index (χ1v) is 8.83. The molecule has 3 heterocycles. The van der Waals surface area contributed by atoms with Crippen molar-refractivity contribution < 1.29 is 18.1 Å². The number of anilines is 1. The molecule has 1 saturated heterocycles. The number of nitrogens with one attached hydrogen (secondary N) is 1. The van der Waals surface area contributed by atoms with Gasteiger partial charge in [0.25, 0.3) is 0 Å². The van der Waals surface area contributed by atoms with Crippen molar-refractivity contribution in [3.63, 3.8) is 0 Å². The number of piperidine rings is 1. The Balaban J connectivity index is 1.79. The van der Waals surface area contributed by atoms with Crippen LogP contribution in [0.1, 0.15) is 36.2 Å². The van der Waals surface area contributed by atoms with Crippen molar-refractivity contribution in [1.82, 2.24) is 14.9 Å². The molecule has 1 N–H and O–H groups in total. The molecule has 5 nitrogen and oxygen atoms in total. The van der Waals surface area contributed by atoms with Gasteiger partial charge in [0.2, 0.25) is 0 Å². The van der Waals surface area contributed by atoms with E-state index in [-0.39, 0.29) is 31.5 Å². The van der Waals surface area contributed by atoms with Crippen LogP contribution in [0.25, 0.3) is 10.2 Å². The average Bonchev–Trinajstić information content (AvgIpc) is 3.11. The van der Waals surface area contributed by atoms with E-state index in [4.69, 9.17) is 30.6 Å². The fourth-order valence-corrected chi connectivity index (χ4v) is 3.35. The van der Waals surface area contributed by atoms with Gasteiger partial charge in [-0.05, 0) is 36.5 Å². The first kappa shape index (κ1) is 9.78. The third-order valence-electron chi connectivity index (χ3n) is 3.59. The number of likely N-dealkylation sites (tertiary alicyclic amines) is 1. The predicted octanol–water partition coefficient (Wildman–Crippen LogP) is 4.43. The quantitative estimate of drug-likeness (QED) is 0.687. The summed E-state index contributed by atoms with van der Waals surface area (Å²) in [7, 11) is 0. The van der Waals surface area contributed by atoms with Crippen molar-refractivity contribution in [3.05, 3.63) is 51.8 Å². The number of rotatable bonds is 4. The second-order valence-corrected chi connectivity index (χ2v) is 6.99. The third kappa shape index (κ3) is 4.03. The number of nitriles is 1. The third-order valence-corrected chi connectivity index (χ3v) is 4.70. The van der Waals surface area contributed by atoms with Crippen LogP contribution in [0.15, 0.2) is 30.5 Å². The average molecular weight is 412 g/mol. The lowest BCUT2D eigenvalue weighted by Gasteiger charge is -2.32. The number of hydrogen-bond acceptors (Lipinski definition) is 6. The van der Waals surface area contributed by atoms with E-state index in [0.717, 1.165) is 34.7 Å². The van der Waals surface area contributed by atoms with Gasteiger partial charge in [-0.15, -0.1) is 11.3 Å².